The number of aryl methyl sites for hydroxylation is 1. The third kappa shape index (κ3) is 4.04. The van der Waals surface area contributed by atoms with E-state index in [1.807, 2.05) is 77.1 Å². The van der Waals surface area contributed by atoms with Crippen molar-refractivity contribution in [2.45, 2.75) is 47.1 Å². The van der Waals surface area contributed by atoms with E-state index in [1.54, 1.807) is 0 Å². The van der Waals surface area contributed by atoms with Crippen molar-refractivity contribution in [3.05, 3.63) is 64.9 Å². The number of nitrogens with zero attached hydrogens (tertiary/aromatic N) is 1. The number of anilines is 1. The minimum absolute atomic E-state index is 0.227. The summed E-state index contributed by atoms with van der Waals surface area (Å²) in [7, 11) is 0. The van der Waals surface area contributed by atoms with Gasteiger partial charge in [-0.1, -0.05) is 31.2 Å². The lowest BCUT2D eigenvalue weighted by Crippen LogP contribution is -2.38. The van der Waals surface area contributed by atoms with Crippen LogP contribution < -0.4 is 10.1 Å². The monoisotopic (exact) mass is 392 g/mol. The van der Waals surface area contributed by atoms with Crippen LogP contribution >= 0.6 is 0 Å². The van der Waals surface area contributed by atoms with Crippen molar-refractivity contribution in [3.63, 3.8) is 0 Å². The maximum atomic E-state index is 13.1. The van der Waals surface area contributed by atoms with Crippen LogP contribution in [0.3, 0.4) is 0 Å². The van der Waals surface area contributed by atoms with E-state index in [-0.39, 0.29) is 17.9 Å². The number of hydrogen-bond donors (Lipinski definition) is 1. The Hall–Kier alpha value is -3.08. The topological polar surface area (TPSA) is 58.6 Å². The molecule has 0 aliphatic carbocycles. The second kappa shape index (κ2) is 8.52. The maximum Gasteiger partial charge on any atom is 0.278 e. The summed E-state index contributed by atoms with van der Waals surface area (Å²) in [6, 6.07) is 13.0. The Balaban J connectivity index is 2.05. The van der Waals surface area contributed by atoms with Crippen LogP contribution in [0, 0.1) is 13.8 Å². The first-order valence-corrected chi connectivity index (χ1v) is 10.0. The van der Waals surface area contributed by atoms with E-state index in [1.165, 1.54) is 4.90 Å². The molecule has 0 atom stereocenters. The van der Waals surface area contributed by atoms with E-state index >= 15 is 0 Å². The molecule has 3 rings (SSSR count). The van der Waals surface area contributed by atoms with E-state index in [4.69, 9.17) is 4.74 Å². The minimum Gasteiger partial charge on any atom is -0.494 e. The van der Waals surface area contributed by atoms with Crippen LogP contribution in [0.2, 0.25) is 0 Å². The molecule has 0 radical (unpaired) electrons. The average Bonchev–Trinajstić information content (AvgIpc) is 2.94. The van der Waals surface area contributed by atoms with Crippen molar-refractivity contribution < 1.29 is 14.3 Å². The molecule has 1 N–H and O–H groups in total. The van der Waals surface area contributed by atoms with Gasteiger partial charge in [-0.2, -0.15) is 0 Å². The first kappa shape index (κ1) is 20.6. The third-order valence-corrected chi connectivity index (χ3v) is 5.11. The molecule has 2 amide bonds. The molecule has 1 aliphatic heterocycles. The fourth-order valence-electron chi connectivity index (χ4n) is 3.36. The van der Waals surface area contributed by atoms with Crippen molar-refractivity contribution in [1.29, 1.82) is 0 Å². The van der Waals surface area contributed by atoms with E-state index < -0.39 is 0 Å². The van der Waals surface area contributed by atoms with Crippen LogP contribution in [0.1, 0.15) is 43.9 Å². The highest BCUT2D eigenvalue weighted by atomic mass is 16.5. The number of carbonyl (C=O) groups excluding carboxylic acids is 2. The first-order valence-electron chi connectivity index (χ1n) is 10.0. The molecule has 0 bridgehead atoms. The Bertz CT molecular complexity index is 959. The van der Waals surface area contributed by atoms with Gasteiger partial charge in [0.15, 0.2) is 0 Å². The molecule has 152 valence electrons. The Labute approximate surface area is 172 Å². The summed E-state index contributed by atoms with van der Waals surface area (Å²) in [4.78, 5) is 27.6. The van der Waals surface area contributed by atoms with Crippen LogP contribution in [0.5, 0.6) is 5.75 Å². The lowest BCUT2D eigenvalue weighted by molar-refractivity contribution is -0.138. The standard InChI is InChI=1S/C24H28N2O3/c1-6-14-29-19-12-10-18(11-13-19)21-22(24(28)26(15(2)3)23(21)27)25-20-9-7-8-16(4)17(20)5/h7-13,15,25H,6,14H2,1-5H3. The molecule has 29 heavy (non-hydrogen) atoms. The lowest BCUT2D eigenvalue weighted by atomic mass is 10.0. The van der Waals surface area contributed by atoms with Gasteiger partial charge in [0.25, 0.3) is 11.8 Å². The Morgan fingerprint density at radius 2 is 1.69 bits per heavy atom. The zero-order chi connectivity index (χ0) is 21.1. The Kier molecular flexibility index (Phi) is 6.06. The van der Waals surface area contributed by atoms with Crippen molar-refractivity contribution in [1.82, 2.24) is 4.90 Å². The highest BCUT2D eigenvalue weighted by Crippen LogP contribution is 2.33. The van der Waals surface area contributed by atoms with Crippen LogP contribution in [-0.2, 0) is 9.59 Å². The van der Waals surface area contributed by atoms with Crippen LogP contribution in [0.4, 0.5) is 5.69 Å². The quantitative estimate of drug-likeness (QED) is 0.695. The molecule has 5 heteroatoms. The van der Waals surface area contributed by atoms with Gasteiger partial charge in [-0.05, 0) is 69.0 Å². The van der Waals surface area contributed by atoms with Gasteiger partial charge in [0.05, 0.1) is 12.2 Å². The molecular formula is C24H28N2O3. The number of amides is 2. The number of nitrogens with one attached hydrogen (secondary N) is 1. The number of ether oxygens (including phenoxy) is 1. The molecule has 2 aromatic rings. The molecule has 0 unspecified atom stereocenters. The summed E-state index contributed by atoms with van der Waals surface area (Å²) in [6.45, 7) is 10.4. The molecule has 5 nitrogen and oxygen atoms in total. The van der Waals surface area contributed by atoms with Gasteiger partial charge in [0.1, 0.15) is 11.4 Å². The summed E-state index contributed by atoms with van der Waals surface area (Å²) in [6.07, 6.45) is 0.924. The molecule has 0 saturated heterocycles. The predicted molar refractivity (Wildman–Crippen MR) is 116 cm³/mol. The second-order valence-electron chi connectivity index (χ2n) is 7.57. The van der Waals surface area contributed by atoms with Crippen molar-refractivity contribution in [2.75, 3.05) is 11.9 Å². The molecule has 0 saturated carbocycles. The predicted octanol–water partition coefficient (Wildman–Crippen LogP) is 4.69. The molecular weight excluding hydrogens is 364 g/mol. The molecule has 2 aromatic carbocycles. The minimum atomic E-state index is -0.299. The largest absolute Gasteiger partial charge is 0.494 e. The highest BCUT2D eigenvalue weighted by Gasteiger charge is 2.40. The van der Waals surface area contributed by atoms with Gasteiger partial charge in [0, 0.05) is 11.7 Å². The summed E-state index contributed by atoms with van der Waals surface area (Å²) in [5, 5.41) is 3.25. The number of hydrogen-bond acceptors (Lipinski definition) is 4. The van der Waals surface area contributed by atoms with E-state index in [2.05, 4.69) is 5.32 Å². The smallest absolute Gasteiger partial charge is 0.278 e. The fourth-order valence-corrected chi connectivity index (χ4v) is 3.36. The molecule has 1 heterocycles. The van der Waals surface area contributed by atoms with Gasteiger partial charge in [0.2, 0.25) is 0 Å². The van der Waals surface area contributed by atoms with E-state index in [9.17, 15) is 9.59 Å². The molecule has 1 aliphatic rings. The Morgan fingerprint density at radius 3 is 2.31 bits per heavy atom. The van der Waals surface area contributed by atoms with Crippen LogP contribution in [-0.4, -0.2) is 29.4 Å². The maximum absolute atomic E-state index is 13.1. The third-order valence-electron chi connectivity index (χ3n) is 5.11. The lowest BCUT2D eigenvalue weighted by Gasteiger charge is -2.19. The van der Waals surface area contributed by atoms with Crippen molar-refractivity contribution >= 4 is 23.1 Å². The van der Waals surface area contributed by atoms with E-state index in [0.29, 0.717) is 23.4 Å². The first-order chi connectivity index (χ1) is 13.8. The van der Waals surface area contributed by atoms with Gasteiger partial charge in [-0.15, -0.1) is 0 Å². The summed E-state index contributed by atoms with van der Waals surface area (Å²) >= 11 is 0. The van der Waals surface area contributed by atoms with Crippen LogP contribution in [0.25, 0.3) is 5.57 Å². The number of imide groups is 1. The number of carbonyl (C=O) groups is 2. The zero-order valence-electron chi connectivity index (χ0n) is 17.7. The zero-order valence-corrected chi connectivity index (χ0v) is 17.7. The van der Waals surface area contributed by atoms with Gasteiger partial charge >= 0.3 is 0 Å². The normalized spacial score (nSPS) is 14.2. The number of benzene rings is 2. The summed E-state index contributed by atoms with van der Waals surface area (Å²) < 4.78 is 5.64. The van der Waals surface area contributed by atoms with Crippen molar-refractivity contribution in [3.8, 4) is 5.75 Å². The Morgan fingerprint density at radius 1 is 1.00 bits per heavy atom. The molecule has 0 fully saturated rings. The van der Waals surface area contributed by atoms with Gasteiger partial charge < -0.3 is 10.1 Å². The molecule has 0 aromatic heterocycles. The fraction of sp³-hybridized carbons (Fsp3) is 0.333. The number of rotatable bonds is 7. The van der Waals surface area contributed by atoms with E-state index in [0.717, 1.165) is 29.0 Å². The second-order valence-corrected chi connectivity index (χ2v) is 7.57. The molecule has 0 spiro atoms. The van der Waals surface area contributed by atoms with Gasteiger partial charge in [-0.25, -0.2) is 0 Å². The van der Waals surface area contributed by atoms with Crippen molar-refractivity contribution in [2.24, 2.45) is 0 Å². The highest BCUT2D eigenvalue weighted by molar-refractivity contribution is 6.36. The van der Waals surface area contributed by atoms with Gasteiger partial charge in [-0.3, -0.25) is 14.5 Å². The summed E-state index contributed by atoms with van der Waals surface area (Å²) in [5.74, 6) is 0.171. The SMILES string of the molecule is CCCOc1ccc(C2=C(Nc3cccc(C)c3C)C(=O)N(C(C)C)C2=O)cc1. The average molecular weight is 392 g/mol. The summed E-state index contributed by atoms with van der Waals surface area (Å²) in [5.41, 5.74) is 4.40. The van der Waals surface area contributed by atoms with Crippen LogP contribution in [0.15, 0.2) is 48.2 Å².